The van der Waals surface area contributed by atoms with E-state index in [4.69, 9.17) is 11.6 Å². The van der Waals surface area contributed by atoms with Crippen molar-refractivity contribution >= 4 is 41.9 Å². The van der Waals surface area contributed by atoms with E-state index in [1.54, 1.807) is 0 Å². The Bertz CT molecular complexity index is 384. The molecule has 1 amide bonds. The Morgan fingerprint density at radius 1 is 1.50 bits per heavy atom. The number of hydrogen-bond donors (Lipinski definition) is 1. The maximum absolute atomic E-state index is 11.0. The van der Waals surface area contributed by atoms with Crippen LogP contribution in [0.1, 0.15) is 0 Å². The highest BCUT2D eigenvalue weighted by atomic mass is 35.5. The summed E-state index contributed by atoms with van der Waals surface area (Å²) in [7, 11) is 0. The molecule has 0 saturated carbocycles. The second-order valence-corrected chi connectivity index (χ2v) is 2.86. The summed E-state index contributed by atoms with van der Waals surface area (Å²) < 4.78 is 0. The number of hydrogen-bond acceptors (Lipinski definition) is 5. The summed E-state index contributed by atoms with van der Waals surface area (Å²) >= 11 is 5.34. The molecule has 1 unspecified atom stereocenters. The van der Waals surface area contributed by atoms with Crippen molar-refractivity contribution in [2.75, 3.05) is 5.88 Å². The Balaban J connectivity index is 2.15. The number of halogens is 1. The summed E-state index contributed by atoms with van der Waals surface area (Å²) in [5.41, 5.74) is 0. The molecule has 0 aromatic heterocycles. The van der Waals surface area contributed by atoms with Gasteiger partial charge in [-0.2, -0.15) is 0 Å². The molecule has 0 saturated heterocycles. The number of alkyl halides is 1. The molecule has 72 valence electrons. The number of amides is 1. The molecule has 2 aliphatic heterocycles. The third-order valence-electron chi connectivity index (χ3n) is 1.69. The maximum atomic E-state index is 11.0. The van der Waals surface area contributed by atoms with Crippen LogP contribution in [0.15, 0.2) is 20.0 Å². The van der Waals surface area contributed by atoms with Crippen molar-refractivity contribution in [3.8, 4) is 0 Å². The molecule has 0 aromatic carbocycles. The van der Waals surface area contributed by atoms with Crippen LogP contribution in [0.4, 0.5) is 0 Å². The van der Waals surface area contributed by atoms with E-state index < -0.39 is 0 Å². The van der Waals surface area contributed by atoms with E-state index in [1.807, 2.05) is 0 Å². The fourth-order valence-electron chi connectivity index (χ4n) is 1.09. The molecule has 6 nitrogen and oxygen atoms in total. The molecular weight excluding hydrogens is 206 g/mol. The van der Waals surface area contributed by atoms with Gasteiger partial charge in [-0.25, -0.2) is 15.0 Å². The Kier molecular flexibility index (Phi) is 2.36. The minimum absolute atomic E-state index is 0.112. The van der Waals surface area contributed by atoms with Crippen LogP contribution in [-0.2, 0) is 4.79 Å². The van der Waals surface area contributed by atoms with Crippen LogP contribution >= 0.6 is 11.6 Å². The standard InChI is InChI=1S/C7H6ClN5O/c8-1-4(14)13-7-5-6(10-2-9-5)11-3-12-7/h2-3,5H,1H2,(H,9,10,11,12,13,14). The zero-order chi connectivity index (χ0) is 9.97. The van der Waals surface area contributed by atoms with Crippen molar-refractivity contribution in [2.24, 2.45) is 20.0 Å². The molecule has 1 atom stereocenters. The van der Waals surface area contributed by atoms with E-state index in [9.17, 15) is 4.79 Å². The van der Waals surface area contributed by atoms with Gasteiger partial charge in [-0.05, 0) is 0 Å². The average molecular weight is 212 g/mol. The summed E-state index contributed by atoms with van der Waals surface area (Å²) in [6.45, 7) is 0. The van der Waals surface area contributed by atoms with E-state index in [2.05, 4.69) is 25.3 Å². The highest BCUT2D eigenvalue weighted by molar-refractivity contribution is 6.30. The van der Waals surface area contributed by atoms with Gasteiger partial charge in [0.25, 0.3) is 0 Å². The number of fused-ring (bicyclic) bond motifs is 1. The van der Waals surface area contributed by atoms with Crippen LogP contribution < -0.4 is 5.32 Å². The molecule has 14 heavy (non-hydrogen) atoms. The van der Waals surface area contributed by atoms with Gasteiger partial charge in [-0.1, -0.05) is 0 Å². The first-order chi connectivity index (χ1) is 6.81. The van der Waals surface area contributed by atoms with Crippen LogP contribution in [-0.4, -0.2) is 42.2 Å². The number of carbonyl (C=O) groups is 1. The fraction of sp³-hybridized carbons (Fsp3) is 0.286. The van der Waals surface area contributed by atoms with Crippen molar-refractivity contribution < 1.29 is 4.79 Å². The summed E-state index contributed by atoms with van der Waals surface area (Å²) in [6, 6.07) is -0.382. The van der Waals surface area contributed by atoms with Gasteiger partial charge in [0.15, 0.2) is 11.9 Å². The lowest BCUT2D eigenvalue weighted by molar-refractivity contribution is -0.117. The molecule has 0 aromatic rings. The van der Waals surface area contributed by atoms with Crippen LogP contribution in [0, 0.1) is 0 Å². The predicted octanol–water partition coefficient (Wildman–Crippen LogP) is -0.409. The van der Waals surface area contributed by atoms with E-state index >= 15 is 0 Å². The maximum Gasteiger partial charge on any atom is 0.240 e. The van der Waals surface area contributed by atoms with Gasteiger partial charge in [-0.15, -0.1) is 11.6 Å². The summed E-state index contributed by atoms with van der Waals surface area (Å²) in [4.78, 5) is 26.7. The molecular formula is C7H6ClN5O. The quantitative estimate of drug-likeness (QED) is 0.588. The summed E-state index contributed by atoms with van der Waals surface area (Å²) in [6.07, 6.45) is 2.72. The van der Waals surface area contributed by atoms with Gasteiger partial charge in [-0.3, -0.25) is 9.79 Å². The third kappa shape index (κ3) is 1.56. The SMILES string of the molecule is O=C(CCl)NC1=NC=NC2=NC=NC21. The summed E-state index contributed by atoms with van der Waals surface area (Å²) in [5, 5.41) is 2.53. The second kappa shape index (κ2) is 3.67. The van der Waals surface area contributed by atoms with Crippen molar-refractivity contribution in [1.82, 2.24) is 5.32 Å². The summed E-state index contributed by atoms with van der Waals surface area (Å²) in [5.74, 6) is 0.518. The van der Waals surface area contributed by atoms with Crippen molar-refractivity contribution in [1.29, 1.82) is 0 Å². The Morgan fingerprint density at radius 2 is 2.36 bits per heavy atom. The molecule has 0 spiro atoms. The van der Waals surface area contributed by atoms with Crippen LogP contribution in [0.2, 0.25) is 0 Å². The number of rotatable bonds is 1. The molecule has 0 radical (unpaired) electrons. The van der Waals surface area contributed by atoms with E-state index in [-0.39, 0.29) is 17.8 Å². The lowest BCUT2D eigenvalue weighted by atomic mass is 10.2. The molecule has 1 N–H and O–H groups in total. The number of aliphatic imine (C=N–C) groups is 4. The van der Waals surface area contributed by atoms with Gasteiger partial charge < -0.3 is 5.32 Å². The first-order valence-corrected chi connectivity index (χ1v) is 4.40. The first kappa shape index (κ1) is 9.01. The normalized spacial score (nSPS) is 22.8. The number of carbonyl (C=O) groups excluding carboxylic acids is 1. The topological polar surface area (TPSA) is 78.5 Å². The second-order valence-electron chi connectivity index (χ2n) is 2.60. The predicted molar refractivity (Wildman–Crippen MR) is 54.5 cm³/mol. The van der Waals surface area contributed by atoms with E-state index in [0.717, 1.165) is 0 Å². The molecule has 0 aliphatic carbocycles. The van der Waals surface area contributed by atoms with Gasteiger partial charge in [0.05, 0.1) is 0 Å². The lowest BCUT2D eigenvalue weighted by Gasteiger charge is -2.13. The molecule has 7 heteroatoms. The monoisotopic (exact) mass is 211 g/mol. The number of nitrogens with zero attached hydrogens (tertiary/aromatic N) is 4. The average Bonchev–Trinajstić information content (AvgIpc) is 2.66. The molecule has 0 fully saturated rings. The third-order valence-corrected chi connectivity index (χ3v) is 1.93. The van der Waals surface area contributed by atoms with Crippen molar-refractivity contribution in [2.45, 2.75) is 6.04 Å². The van der Waals surface area contributed by atoms with E-state index in [0.29, 0.717) is 11.7 Å². The van der Waals surface area contributed by atoms with Crippen LogP contribution in [0.5, 0.6) is 0 Å². The molecule has 2 rings (SSSR count). The lowest BCUT2D eigenvalue weighted by Crippen LogP contribution is -2.42. The molecule has 0 bridgehead atoms. The van der Waals surface area contributed by atoms with Gasteiger partial charge in [0.2, 0.25) is 5.91 Å². The minimum Gasteiger partial charge on any atom is -0.311 e. The minimum atomic E-state index is -0.382. The van der Waals surface area contributed by atoms with Gasteiger partial charge in [0.1, 0.15) is 24.4 Å². The highest BCUT2D eigenvalue weighted by Crippen LogP contribution is 2.07. The Morgan fingerprint density at radius 3 is 3.14 bits per heavy atom. The van der Waals surface area contributed by atoms with Crippen LogP contribution in [0.3, 0.4) is 0 Å². The number of nitrogens with one attached hydrogen (secondary N) is 1. The fourth-order valence-corrected chi connectivity index (χ4v) is 1.16. The van der Waals surface area contributed by atoms with E-state index in [1.165, 1.54) is 12.7 Å². The smallest absolute Gasteiger partial charge is 0.240 e. The highest BCUT2D eigenvalue weighted by Gasteiger charge is 2.26. The molecule has 2 heterocycles. The largest absolute Gasteiger partial charge is 0.311 e. The van der Waals surface area contributed by atoms with Crippen molar-refractivity contribution in [3.63, 3.8) is 0 Å². The molecule has 2 aliphatic rings. The Labute approximate surface area is 84.5 Å². The first-order valence-electron chi connectivity index (χ1n) is 3.86. The van der Waals surface area contributed by atoms with Crippen LogP contribution in [0.25, 0.3) is 0 Å². The number of amidine groups is 2. The Hall–Kier alpha value is -1.56. The van der Waals surface area contributed by atoms with Gasteiger partial charge >= 0.3 is 0 Å². The van der Waals surface area contributed by atoms with Gasteiger partial charge in [0, 0.05) is 0 Å². The zero-order valence-corrected chi connectivity index (χ0v) is 7.77. The van der Waals surface area contributed by atoms with Crippen molar-refractivity contribution in [3.05, 3.63) is 0 Å². The zero-order valence-electron chi connectivity index (χ0n) is 7.01.